The van der Waals surface area contributed by atoms with Crippen molar-refractivity contribution in [2.24, 2.45) is 0 Å². The fraction of sp³-hybridized carbons (Fsp3) is 0.0455. The summed E-state index contributed by atoms with van der Waals surface area (Å²) in [4.78, 5) is 32.3. The molecule has 0 N–H and O–H groups in total. The van der Waals surface area contributed by atoms with Gasteiger partial charge in [0.15, 0.2) is 34.9 Å². The number of hydrogen-bond donors (Lipinski definition) is 0. The summed E-state index contributed by atoms with van der Waals surface area (Å²) in [6, 6.07) is 108. The first-order valence-electron chi connectivity index (χ1n) is 32.6. The number of hydrogen-bond acceptors (Lipinski definition) is 6. The topological polar surface area (TPSA) is 87.2 Å². The number of para-hydroxylation sites is 2. The van der Waals surface area contributed by atoms with Gasteiger partial charge in [0.25, 0.3) is 0 Å². The molecule has 0 aliphatic carbocycles. The first-order valence-corrected chi connectivity index (χ1v) is 32.6. The summed E-state index contributed by atoms with van der Waals surface area (Å²) in [7, 11) is 0. The molecule has 17 rings (SSSR count). The van der Waals surface area contributed by atoms with Crippen LogP contribution in [0.3, 0.4) is 0 Å². The molecule has 17 aromatic rings. The molecule has 13 aromatic carbocycles. The van der Waals surface area contributed by atoms with Crippen LogP contribution >= 0.6 is 0 Å². The number of nitrogens with zero attached hydrogens (tertiary/aromatic N) is 8. The number of benzene rings is 13. The van der Waals surface area contributed by atoms with Gasteiger partial charge in [-0.2, -0.15) is 0 Å². The van der Waals surface area contributed by atoms with Crippen LogP contribution in [0.15, 0.2) is 303 Å². The zero-order chi connectivity index (χ0) is 64.4. The third-order valence-corrected chi connectivity index (χ3v) is 18.3. The Hall–Kier alpha value is -12.5. The van der Waals surface area contributed by atoms with E-state index in [-0.39, 0.29) is 0 Å². The molecule has 8 nitrogen and oxygen atoms in total. The molecule has 4 heterocycles. The van der Waals surface area contributed by atoms with Gasteiger partial charge in [0, 0.05) is 66.1 Å². The van der Waals surface area contributed by atoms with Crippen LogP contribution in [-0.4, -0.2) is 39.0 Å². The van der Waals surface area contributed by atoms with Crippen LogP contribution in [0.1, 0.15) is 22.3 Å². The second-order valence-corrected chi connectivity index (χ2v) is 25.0. The molecule has 0 saturated carbocycles. The third-order valence-electron chi connectivity index (χ3n) is 18.3. The zero-order valence-electron chi connectivity index (χ0n) is 53.4. The van der Waals surface area contributed by atoms with Crippen molar-refractivity contribution >= 4 is 43.6 Å². The van der Waals surface area contributed by atoms with Gasteiger partial charge in [-0.15, -0.1) is 0 Å². The molecule has 454 valence electrons. The normalized spacial score (nSPS) is 11.5. The Kier molecular flexibility index (Phi) is 14.3. The molecular weight excluding hydrogens is 1170 g/mol. The van der Waals surface area contributed by atoms with E-state index in [1.807, 2.05) is 72.8 Å². The van der Waals surface area contributed by atoms with E-state index >= 15 is 0 Å². The molecular formula is C88H62N8. The minimum absolute atomic E-state index is 0.543. The maximum atomic E-state index is 5.48. The highest BCUT2D eigenvalue weighted by atomic mass is 15.1. The Morgan fingerprint density at radius 3 is 0.865 bits per heavy atom. The third kappa shape index (κ3) is 10.4. The van der Waals surface area contributed by atoms with Crippen LogP contribution in [0.5, 0.6) is 0 Å². The van der Waals surface area contributed by atoms with Crippen molar-refractivity contribution in [1.82, 2.24) is 39.0 Å². The number of fused-ring (bicyclic) bond motifs is 6. The second kappa shape index (κ2) is 23.9. The smallest absolute Gasteiger partial charge is 0.164 e. The fourth-order valence-electron chi connectivity index (χ4n) is 14.2. The molecule has 0 aliphatic rings. The van der Waals surface area contributed by atoms with Crippen LogP contribution < -0.4 is 0 Å². The molecule has 0 atom stereocenters. The summed E-state index contributed by atoms with van der Waals surface area (Å²) in [5.41, 5.74) is 24.9. The summed E-state index contributed by atoms with van der Waals surface area (Å²) in [6.45, 7) is 8.69. The molecule has 0 amide bonds. The van der Waals surface area contributed by atoms with Gasteiger partial charge < -0.3 is 9.13 Å². The Morgan fingerprint density at radius 2 is 0.500 bits per heavy atom. The van der Waals surface area contributed by atoms with Gasteiger partial charge in [-0.25, -0.2) is 29.9 Å². The summed E-state index contributed by atoms with van der Waals surface area (Å²) >= 11 is 0. The van der Waals surface area contributed by atoms with E-state index in [1.54, 1.807) is 0 Å². The van der Waals surface area contributed by atoms with Gasteiger partial charge in [-0.3, -0.25) is 0 Å². The Balaban J connectivity index is 0.961. The maximum absolute atomic E-state index is 5.48. The molecule has 0 bridgehead atoms. The van der Waals surface area contributed by atoms with Gasteiger partial charge in [-0.05, 0) is 116 Å². The van der Waals surface area contributed by atoms with Crippen molar-refractivity contribution in [3.05, 3.63) is 326 Å². The van der Waals surface area contributed by atoms with Crippen molar-refractivity contribution in [3.8, 4) is 124 Å². The molecule has 0 aliphatic heterocycles. The van der Waals surface area contributed by atoms with E-state index in [9.17, 15) is 0 Å². The summed E-state index contributed by atoms with van der Waals surface area (Å²) in [5, 5.41) is 4.60. The SMILES string of the molecule is Cc1cc(C)cc(-c2ccc3c(c2)c2ccccc2n3-c2cccc(-c3nc(-c4ccccc4)nc(-c4ccccc4)n3)c2-c2cccc(-c3c(-c4nc(-c5ccccc5)nc(-c5ccccc5)n4)cccc3-n3c4ccccc4c4cc(-c5cc(C)cc(C)c5)ccc43)c2)c1. The van der Waals surface area contributed by atoms with Crippen molar-refractivity contribution in [1.29, 1.82) is 0 Å². The molecule has 8 heteroatoms. The van der Waals surface area contributed by atoms with Gasteiger partial charge in [0.1, 0.15) is 0 Å². The Bertz CT molecular complexity index is 5360. The van der Waals surface area contributed by atoms with Crippen LogP contribution in [0, 0.1) is 27.7 Å². The molecule has 0 radical (unpaired) electrons. The number of aromatic nitrogens is 8. The minimum Gasteiger partial charge on any atom is -0.309 e. The highest BCUT2D eigenvalue weighted by Crippen LogP contribution is 2.47. The Morgan fingerprint density at radius 1 is 0.198 bits per heavy atom. The van der Waals surface area contributed by atoms with E-state index in [1.165, 1.54) is 33.4 Å². The monoisotopic (exact) mass is 1230 g/mol. The minimum atomic E-state index is 0.543. The lowest BCUT2D eigenvalue weighted by atomic mass is 9.91. The predicted octanol–water partition coefficient (Wildman–Crippen LogP) is 22.2. The van der Waals surface area contributed by atoms with Gasteiger partial charge in [0.05, 0.1) is 33.4 Å². The zero-order valence-corrected chi connectivity index (χ0v) is 53.4. The van der Waals surface area contributed by atoms with E-state index < -0.39 is 0 Å². The van der Waals surface area contributed by atoms with Crippen LogP contribution in [0.2, 0.25) is 0 Å². The lowest BCUT2D eigenvalue weighted by molar-refractivity contribution is 1.07. The largest absolute Gasteiger partial charge is 0.309 e. The molecule has 0 unspecified atom stereocenters. The average Bonchev–Trinajstić information content (AvgIpc) is 1.56. The molecule has 0 fully saturated rings. The highest BCUT2D eigenvalue weighted by molar-refractivity contribution is 6.13. The van der Waals surface area contributed by atoms with Crippen LogP contribution in [0.25, 0.3) is 168 Å². The lowest BCUT2D eigenvalue weighted by Gasteiger charge is -2.21. The first kappa shape index (κ1) is 57.4. The lowest BCUT2D eigenvalue weighted by Crippen LogP contribution is -2.05. The van der Waals surface area contributed by atoms with Crippen molar-refractivity contribution < 1.29 is 0 Å². The van der Waals surface area contributed by atoms with Gasteiger partial charge in [0.2, 0.25) is 0 Å². The van der Waals surface area contributed by atoms with Gasteiger partial charge in [-0.1, -0.05) is 271 Å². The quantitative estimate of drug-likeness (QED) is 0.121. The van der Waals surface area contributed by atoms with Gasteiger partial charge >= 0.3 is 0 Å². The average molecular weight is 1230 g/mol. The Labute approximate surface area is 556 Å². The summed E-state index contributed by atoms with van der Waals surface area (Å²) in [6.07, 6.45) is 0. The van der Waals surface area contributed by atoms with Crippen molar-refractivity contribution in [3.63, 3.8) is 0 Å². The first-order chi connectivity index (χ1) is 47.2. The van der Waals surface area contributed by atoms with Crippen LogP contribution in [0.4, 0.5) is 0 Å². The van der Waals surface area contributed by atoms with Crippen molar-refractivity contribution in [2.75, 3.05) is 0 Å². The van der Waals surface area contributed by atoms with E-state index in [2.05, 4.69) is 267 Å². The van der Waals surface area contributed by atoms with Crippen LogP contribution in [-0.2, 0) is 0 Å². The second-order valence-electron chi connectivity index (χ2n) is 25.0. The maximum Gasteiger partial charge on any atom is 0.164 e. The van der Waals surface area contributed by atoms with E-state index in [0.29, 0.717) is 34.9 Å². The van der Waals surface area contributed by atoms with Crippen molar-refractivity contribution in [2.45, 2.75) is 27.7 Å². The standard InChI is InChI=1S/C88H62N8/c1-55-46-56(2)49-67(48-55)63-42-44-77-73(53-63)69-34-17-19-38-75(69)95(77)79-40-22-36-71(87-91-83(59-24-9-5-10-25-59)89-84(92-87)60-26-11-6-12-27-60)81(79)65-32-21-33-66(52-65)82-72(88-93-85(61-28-13-7-14-29-61)90-86(94-88)62-30-15-8-16-31-62)37-23-41-80(82)96-76-39-20-18-35-70(76)74-54-64(43-45-78(74)96)68-50-57(3)47-58(4)51-68/h5-54H,1-4H3. The molecule has 4 aromatic heterocycles. The highest BCUT2D eigenvalue weighted by Gasteiger charge is 2.26. The van der Waals surface area contributed by atoms with E-state index in [0.717, 1.165) is 122 Å². The fourth-order valence-corrected chi connectivity index (χ4v) is 14.2. The van der Waals surface area contributed by atoms with E-state index in [4.69, 9.17) is 29.9 Å². The number of rotatable bonds is 12. The summed E-state index contributed by atoms with van der Waals surface area (Å²) < 4.78 is 4.87. The molecule has 0 spiro atoms. The molecule has 0 saturated heterocycles. The number of aryl methyl sites for hydroxylation is 4. The predicted molar refractivity (Wildman–Crippen MR) is 395 cm³/mol. The molecule has 96 heavy (non-hydrogen) atoms. The summed E-state index contributed by atoms with van der Waals surface area (Å²) in [5.74, 6) is 3.39.